The van der Waals surface area contributed by atoms with Gasteiger partial charge >= 0.3 is 0 Å². The maximum absolute atomic E-state index is 6.29. The minimum atomic E-state index is -0.104. The summed E-state index contributed by atoms with van der Waals surface area (Å²) in [7, 11) is 0. The summed E-state index contributed by atoms with van der Waals surface area (Å²) in [4.78, 5) is 1.20. The summed E-state index contributed by atoms with van der Waals surface area (Å²) in [6, 6.07) is 1.93. The van der Waals surface area contributed by atoms with Gasteiger partial charge in [-0.2, -0.15) is 0 Å². The van der Waals surface area contributed by atoms with Crippen molar-refractivity contribution in [1.29, 1.82) is 0 Å². The second-order valence-corrected chi connectivity index (χ2v) is 5.25. The first kappa shape index (κ1) is 10.4. The van der Waals surface area contributed by atoms with E-state index in [0.717, 1.165) is 37.5 Å². The SMILES string of the molecule is NC1(Cc2sccc2Cl)CCOCC1. The van der Waals surface area contributed by atoms with Crippen LogP contribution in [0.4, 0.5) is 0 Å². The van der Waals surface area contributed by atoms with E-state index < -0.39 is 0 Å². The van der Waals surface area contributed by atoms with Gasteiger partial charge in [-0.3, -0.25) is 0 Å². The van der Waals surface area contributed by atoms with Crippen molar-refractivity contribution >= 4 is 22.9 Å². The molecule has 0 amide bonds. The van der Waals surface area contributed by atoms with Crippen molar-refractivity contribution in [2.24, 2.45) is 5.73 Å². The van der Waals surface area contributed by atoms with Gasteiger partial charge in [0.1, 0.15) is 0 Å². The highest BCUT2D eigenvalue weighted by atomic mass is 35.5. The predicted molar refractivity (Wildman–Crippen MR) is 60.0 cm³/mol. The summed E-state index contributed by atoms with van der Waals surface area (Å²) in [6.07, 6.45) is 2.75. The standard InChI is InChI=1S/C10H14ClNOS/c11-8-1-6-14-9(8)7-10(12)2-4-13-5-3-10/h1,6H,2-5,7,12H2. The average Bonchev–Trinajstić information content (AvgIpc) is 2.52. The van der Waals surface area contributed by atoms with Gasteiger partial charge in [0.05, 0.1) is 5.02 Å². The van der Waals surface area contributed by atoms with Crippen molar-refractivity contribution in [2.75, 3.05) is 13.2 Å². The van der Waals surface area contributed by atoms with Gasteiger partial charge < -0.3 is 10.5 Å². The number of rotatable bonds is 2. The Hall–Kier alpha value is -0.0900. The van der Waals surface area contributed by atoms with Crippen molar-refractivity contribution in [3.8, 4) is 0 Å². The number of halogens is 1. The van der Waals surface area contributed by atoms with Crippen LogP contribution >= 0.6 is 22.9 Å². The lowest BCUT2D eigenvalue weighted by Crippen LogP contribution is -2.46. The molecule has 0 unspecified atom stereocenters. The van der Waals surface area contributed by atoms with Crippen LogP contribution in [0.3, 0.4) is 0 Å². The highest BCUT2D eigenvalue weighted by Gasteiger charge is 2.29. The van der Waals surface area contributed by atoms with Crippen LogP contribution in [0.2, 0.25) is 5.02 Å². The maximum Gasteiger partial charge on any atom is 0.0545 e. The fraction of sp³-hybridized carbons (Fsp3) is 0.600. The minimum absolute atomic E-state index is 0.104. The monoisotopic (exact) mass is 231 g/mol. The van der Waals surface area contributed by atoms with Crippen LogP contribution in [0.1, 0.15) is 17.7 Å². The van der Waals surface area contributed by atoms with E-state index in [1.807, 2.05) is 11.4 Å². The van der Waals surface area contributed by atoms with E-state index in [0.29, 0.717) is 0 Å². The van der Waals surface area contributed by atoms with Crippen LogP contribution in [0.5, 0.6) is 0 Å². The lowest BCUT2D eigenvalue weighted by molar-refractivity contribution is 0.0536. The van der Waals surface area contributed by atoms with Gasteiger partial charge in [-0.25, -0.2) is 0 Å². The molecule has 1 aliphatic rings. The van der Waals surface area contributed by atoms with E-state index >= 15 is 0 Å². The molecule has 1 fully saturated rings. The van der Waals surface area contributed by atoms with E-state index in [-0.39, 0.29) is 5.54 Å². The summed E-state index contributed by atoms with van der Waals surface area (Å²) in [5.41, 5.74) is 6.18. The van der Waals surface area contributed by atoms with Crippen LogP contribution < -0.4 is 5.73 Å². The van der Waals surface area contributed by atoms with Crippen LogP contribution in [0.25, 0.3) is 0 Å². The molecule has 0 saturated carbocycles. The Balaban J connectivity index is 2.05. The number of thiophene rings is 1. The van der Waals surface area contributed by atoms with E-state index in [2.05, 4.69) is 0 Å². The first-order valence-electron chi connectivity index (χ1n) is 4.78. The van der Waals surface area contributed by atoms with Gasteiger partial charge in [0.25, 0.3) is 0 Å². The molecule has 0 spiro atoms. The van der Waals surface area contributed by atoms with Crippen molar-refractivity contribution in [1.82, 2.24) is 0 Å². The Morgan fingerprint density at radius 1 is 1.50 bits per heavy atom. The van der Waals surface area contributed by atoms with Gasteiger partial charge in [0.2, 0.25) is 0 Å². The van der Waals surface area contributed by atoms with Gasteiger partial charge in [-0.1, -0.05) is 11.6 Å². The van der Waals surface area contributed by atoms with Gasteiger partial charge in [0, 0.05) is 30.1 Å². The summed E-state index contributed by atoms with van der Waals surface area (Å²) in [5, 5.41) is 2.87. The topological polar surface area (TPSA) is 35.2 Å². The second kappa shape index (κ2) is 4.19. The lowest BCUT2D eigenvalue weighted by atomic mass is 9.87. The quantitative estimate of drug-likeness (QED) is 0.849. The van der Waals surface area contributed by atoms with Crippen molar-refractivity contribution in [3.05, 3.63) is 21.3 Å². The molecule has 0 bridgehead atoms. The molecular weight excluding hydrogens is 218 g/mol. The molecule has 0 radical (unpaired) electrons. The Morgan fingerprint density at radius 2 is 2.21 bits per heavy atom. The molecule has 14 heavy (non-hydrogen) atoms. The molecule has 2 heterocycles. The van der Waals surface area contributed by atoms with Crippen molar-refractivity contribution in [2.45, 2.75) is 24.8 Å². The smallest absolute Gasteiger partial charge is 0.0545 e. The fourth-order valence-electron chi connectivity index (χ4n) is 1.73. The fourth-order valence-corrected chi connectivity index (χ4v) is 2.98. The molecule has 78 valence electrons. The number of ether oxygens (including phenoxy) is 1. The second-order valence-electron chi connectivity index (χ2n) is 3.84. The summed E-state index contributed by atoms with van der Waals surface area (Å²) in [6.45, 7) is 1.55. The molecule has 0 aliphatic carbocycles. The molecule has 1 aliphatic heterocycles. The molecule has 1 saturated heterocycles. The van der Waals surface area contributed by atoms with Crippen LogP contribution in [0.15, 0.2) is 11.4 Å². The van der Waals surface area contributed by atoms with E-state index in [4.69, 9.17) is 22.1 Å². The highest BCUT2D eigenvalue weighted by Crippen LogP contribution is 2.29. The van der Waals surface area contributed by atoms with E-state index in [1.54, 1.807) is 11.3 Å². The highest BCUT2D eigenvalue weighted by molar-refractivity contribution is 7.10. The molecule has 2 nitrogen and oxygen atoms in total. The predicted octanol–water partition coefficient (Wildman–Crippen LogP) is 2.45. The van der Waals surface area contributed by atoms with Gasteiger partial charge in [-0.15, -0.1) is 11.3 Å². The first-order chi connectivity index (χ1) is 6.70. The number of nitrogens with two attached hydrogens (primary N) is 1. The molecule has 1 aromatic rings. The Labute approximate surface area is 93.0 Å². The Morgan fingerprint density at radius 3 is 2.79 bits per heavy atom. The van der Waals surface area contributed by atoms with E-state index in [9.17, 15) is 0 Å². The third kappa shape index (κ3) is 2.28. The third-order valence-corrected chi connectivity index (χ3v) is 4.08. The van der Waals surface area contributed by atoms with Crippen LogP contribution in [-0.2, 0) is 11.2 Å². The molecule has 4 heteroatoms. The molecule has 2 N–H and O–H groups in total. The zero-order valence-corrected chi connectivity index (χ0v) is 9.53. The lowest BCUT2D eigenvalue weighted by Gasteiger charge is -2.33. The summed E-state index contributed by atoms with van der Waals surface area (Å²) < 4.78 is 5.30. The summed E-state index contributed by atoms with van der Waals surface area (Å²) >= 11 is 7.73. The molecule has 1 aromatic heterocycles. The van der Waals surface area contributed by atoms with Gasteiger partial charge in [-0.05, 0) is 24.3 Å². The third-order valence-electron chi connectivity index (χ3n) is 2.69. The van der Waals surface area contributed by atoms with E-state index in [1.165, 1.54) is 4.88 Å². The zero-order valence-electron chi connectivity index (χ0n) is 7.96. The average molecular weight is 232 g/mol. The van der Waals surface area contributed by atoms with Crippen LogP contribution in [0, 0.1) is 0 Å². The Bertz CT molecular complexity index is 307. The minimum Gasteiger partial charge on any atom is -0.381 e. The van der Waals surface area contributed by atoms with Crippen molar-refractivity contribution in [3.63, 3.8) is 0 Å². The Kier molecular flexibility index (Phi) is 3.12. The maximum atomic E-state index is 6.29. The zero-order chi connectivity index (χ0) is 10.0. The first-order valence-corrected chi connectivity index (χ1v) is 6.04. The van der Waals surface area contributed by atoms with Crippen molar-refractivity contribution < 1.29 is 4.74 Å². The molecule has 0 atom stereocenters. The summed E-state index contributed by atoms with van der Waals surface area (Å²) in [5.74, 6) is 0. The normalized spacial score (nSPS) is 21.0. The molecule has 0 aromatic carbocycles. The van der Waals surface area contributed by atoms with Crippen LogP contribution in [-0.4, -0.2) is 18.8 Å². The number of hydrogen-bond acceptors (Lipinski definition) is 3. The molecule has 2 rings (SSSR count). The number of hydrogen-bond donors (Lipinski definition) is 1. The van der Waals surface area contributed by atoms with Gasteiger partial charge in [0.15, 0.2) is 0 Å². The molecular formula is C10H14ClNOS. The largest absolute Gasteiger partial charge is 0.381 e.